The van der Waals surface area contributed by atoms with Crippen LogP contribution in [0.4, 0.5) is 0 Å². The molecule has 6 fully saturated rings. The normalized spacial score (nSPS) is 31.0. The lowest BCUT2D eigenvalue weighted by atomic mass is 9.95. The molecule has 47 heteroatoms. The van der Waals surface area contributed by atoms with Crippen LogP contribution in [0, 0.1) is 0 Å². The van der Waals surface area contributed by atoms with Crippen molar-refractivity contribution in [3.63, 3.8) is 0 Å². The molecule has 0 saturated carbocycles. The second-order valence-electron chi connectivity index (χ2n) is 28.2. The molecule has 46 nitrogen and oxygen atoms in total. The Morgan fingerprint density at radius 3 is 1.07 bits per heavy atom. The summed E-state index contributed by atoms with van der Waals surface area (Å²) >= 11 is 0.909. The fourth-order valence-corrected chi connectivity index (χ4v) is 15.1. The Kier molecular flexibility index (Phi) is 38.0. The molecule has 2 bridgehead atoms. The lowest BCUT2D eigenvalue weighted by molar-refractivity contribution is -0.379. The Morgan fingerprint density at radius 2 is 0.650 bits per heavy atom. The fraction of sp³-hybridized carbons (Fsp3) is 0.697. The number of aliphatic hydroxyl groups is 1. The number of thioether (sulfide) groups is 1. The van der Waals surface area contributed by atoms with Gasteiger partial charge in [-0.25, -0.2) is 0 Å². The highest BCUT2D eigenvalue weighted by atomic mass is 32.2. The molecule has 7 rings (SSSR count). The van der Waals surface area contributed by atoms with Crippen molar-refractivity contribution in [1.29, 1.82) is 0 Å². The maximum atomic E-state index is 13.8. The summed E-state index contributed by atoms with van der Waals surface area (Å²) in [6.45, 7) is 10.4. The average molecular weight is 1780 g/mol. The highest BCUT2D eigenvalue weighted by Crippen LogP contribution is 2.45. The monoisotopic (exact) mass is 1780 g/mol. The van der Waals surface area contributed by atoms with E-state index in [0.29, 0.717) is 4.90 Å². The number of esters is 17. The van der Waals surface area contributed by atoms with E-state index in [-0.39, 0.29) is 0 Å². The first-order valence-corrected chi connectivity index (χ1v) is 39.0. The van der Waals surface area contributed by atoms with Gasteiger partial charge in [-0.1, -0.05) is 18.2 Å². The number of ether oxygens (including phenoxy) is 28. The topological polar surface area (TPSA) is 569 Å². The first-order chi connectivity index (χ1) is 57.9. The van der Waals surface area contributed by atoms with Crippen LogP contribution in [0.25, 0.3) is 0 Å². The lowest BCUT2D eigenvalue weighted by Gasteiger charge is -2.51. The molecule has 0 aliphatic carbocycles. The number of carbonyl (C=O) groups excluding carboxylic acids is 17. The van der Waals surface area contributed by atoms with Crippen molar-refractivity contribution in [2.75, 3.05) is 46.2 Å². The van der Waals surface area contributed by atoms with Crippen LogP contribution in [-0.4, -0.2) is 330 Å². The Balaban J connectivity index is 1.32. The molecule has 6 aliphatic heterocycles. The molecule has 1 aromatic rings. The molecule has 1 aromatic carbocycles. The summed E-state index contributed by atoms with van der Waals surface area (Å²) in [5.74, 6) is -17.6. The van der Waals surface area contributed by atoms with Crippen LogP contribution in [0.5, 0.6) is 0 Å². The van der Waals surface area contributed by atoms with E-state index in [0.717, 1.165) is 129 Å². The van der Waals surface area contributed by atoms with Gasteiger partial charge in [-0.05, 0) is 12.1 Å². The molecule has 6 heterocycles. The Hall–Kier alpha value is -9.92. The number of hydrogen-bond donors (Lipinski definition) is 1. The minimum Gasteiger partial charge on any atom is -0.463 e. The molecule has 0 amide bonds. The van der Waals surface area contributed by atoms with Crippen molar-refractivity contribution >= 4 is 113 Å². The van der Waals surface area contributed by atoms with Gasteiger partial charge in [0, 0.05) is 123 Å². The second-order valence-corrected chi connectivity index (χ2v) is 29.4. The molecular weight excluding hydrogens is 1680 g/mol. The van der Waals surface area contributed by atoms with Gasteiger partial charge in [-0.15, -0.1) is 11.8 Å². The molecule has 29 atom stereocenters. The summed E-state index contributed by atoms with van der Waals surface area (Å²) in [5, 5.41) is 10.4. The predicted octanol–water partition coefficient (Wildman–Crippen LogP) is -0.915. The zero-order valence-corrected chi connectivity index (χ0v) is 70.6. The van der Waals surface area contributed by atoms with Gasteiger partial charge in [0.25, 0.3) is 0 Å². The smallest absolute Gasteiger partial charge is 0.303 e. The summed E-state index contributed by atoms with van der Waals surface area (Å²) in [6, 6.07) is 8.12. The fourth-order valence-electron chi connectivity index (χ4n) is 13.8. The van der Waals surface area contributed by atoms with Crippen molar-refractivity contribution < 1.29 is 219 Å². The van der Waals surface area contributed by atoms with E-state index < -0.39 is 325 Å². The molecule has 0 spiro atoms. The molecule has 0 aromatic heterocycles. The van der Waals surface area contributed by atoms with E-state index >= 15 is 0 Å². The SMILES string of the molecule is CC(=O)OC[C@@H](O)[C@@H](O[C@H]1O[C@H](COC(C)=O)[C@@H](O[C@H]2O[C@@H]3CO[C@H]([C@H]2OC(C)=O)[C@@H]3O[C@H]2O[C@H](COC(C)=O)[C@@H](O[C@H]3O[C@H](COC(C)=O)[C@@H](O[C@H]4O[C@H](COC(C)=O)[C@@H](OC(C)=O)[C@H](OC(C)=O)[C@H]4OC(C)=O)[C@@H](Sc4ccccc4)[C@@H]3OC(C)=O)[C@H](OC(C)=O)[C@H]2OC(C)=O)[C@H](OC(C)=O)[C@H]1OC(C)=O)[C@H](OC(C)=O)[C@H](COC(C)=O)OC(C)=O. The van der Waals surface area contributed by atoms with Crippen LogP contribution in [0.3, 0.4) is 0 Å². The minimum atomic E-state index is -2.25. The van der Waals surface area contributed by atoms with Gasteiger partial charge in [0.1, 0.15) is 113 Å². The minimum absolute atomic E-state index is 0.386. The van der Waals surface area contributed by atoms with Crippen molar-refractivity contribution in [1.82, 2.24) is 0 Å². The van der Waals surface area contributed by atoms with E-state index in [9.17, 15) is 86.6 Å². The molecule has 123 heavy (non-hydrogen) atoms. The van der Waals surface area contributed by atoms with Crippen LogP contribution >= 0.6 is 11.8 Å². The van der Waals surface area contributed by atoms with Gasteiger partial charge < -0.3 is 138 Å². The van der Waals surface area contributed by atoms with Crippen LogP contribution < -0.4 is 0 Å². The van der Waals surface area contributed by atoms with Crippen molar-refractivity contribution in [2.24, 2.45) is 0 Å². The molecule has 686 valence electrons. The number of aliphatic hydroxyl groups excluding tert-OH is 1. The summed E-state index contributed by atoms with van der Waals surface area (Å²) in [5.41, 5.74) is 0. The highest BCUT2D eigenvalue weighted by Gasteiger charge is 2.64. The summed E-state index contributed by atoms with van der Waals surface area (Å²) in [4.78, 5) is 222. The summed E-state index contributed by atoms with van der Waals surface area (Å²) in [7, 11) is 0. The lowest BCUT2D eigenvalue weighted by Crippen LogP contribution is -2.68. The van der Waals surface area contributed by atoms with E-state index in [1.165, 1.54) is 0 Å². The number of rotatable bonds is 38. The summed E-state index contributed by atoms with van der Waals surface area (Å²) in [6.07, 6.45) is -53.8. The first kappa shape index (κ1) is 100. The maximum Gasteiger partial charge on any atom is 0.303 e. The maximum absolute atomic E-state index is 13.8. The Morgan fingerprint density at radius 1 is 0.325 bits per heavy atom. The van der Waals surface area contributed by atoms with Gasteiger partial charge >= 0.3 is 101 Å². The van der Waals surface area contributed by atoms with E-state index in [1.807, 2.05) is 0 Å². The number of hydrogen-bond acceptors (Lipinski definition) is 47. The zero-order valence-electron chi connectivity index (χ0n) is 69.8. The largest absolute Gasteiger partial charge is 0.463 e. The zero-order chi connectivity index (χ0) is 91.1. The summed E-state index contributed by atoms with van der Waals surface area (Å²) < 4.78 is 168. The number of fused-ring (bicyclic) bond motifs is 2. The van der Waals surface area contributed by atoms with Crippen LogP contribution in [-0.2, 0) is 214 Å². The van der Waals surface area contributed by atoms with E-state index in [4.69, 9.17) is 133 Å². The van der Waals surface area contributed by atoms with Gasteiger partial charge in [0.2, 0.25) is 0 Å². The molecule has 1 N–H and O–H groups in total. The average Bonchev–Trinajstić information content (AvgIpc) is 1.13. The molecule has 0 radical (unpaired) electrons. The number of benzene rings is 1. The van der Waals surface area contributed by atoms with Crippen molar-refractivity contribution in [3.8, 4) is 0 Å². The van der Waals surface area contributed by atoms with Gasteiger partial charge in [-0.3, -0.25) is 81.5 Å². The Labute approximate surface area is 706 Å². The Bertz CT molecular complexity index is 3890. The molecule has 6 aliphatic rings. The van der Waals surface area contributed by atoms with Crippen LogP contribution in [0.2, 0.25) is 0 Å². The molecule has 6 saturated heterocycles. The van der Waals surface area contributed by atoms with Crippen LogP contribution in [0.1, 0.15) is 118 Å². The third-order valence-electron chi connectivity index (χ3n) is 18.0. The van der Waals surface area contributed by atoms with Crippen molar-refractivity contribution in [3.05, 3.63) is 30.3 Å². The molecular formula is C76H100O46S. The van der Waals surface area contributed by atoms with Gasteiger partial charge in [0.05, 0.1) is 11.9 Å². The van der Waals surface area contributed by atoms with Gasteiger partial charge in [0.15, 0.2) is 98.6 Å². The van der Waals surface area contributed by atoms with E-state index in [2.05, 4.69) is 0 Å². The quantitative estimate of drug-likeness (QED) is 0.0618. The predicted molar refractivity (Wildman–Crippen MR) is 390 cm³/mol. The van der Waals surface area contributed by atoms with Gasteiger partial charge in [-0.2, -0.15) is 0 Å². The number of carbonyl (C=O) groups is 17. The second kappa shape index (κ2) is 46.7. The highest BCUT2D eigenvalue weighted by molar-refractivity contribution is 8.00. The molecule has 0 unspecified atom stereocenters. The van der Waals surface area contributed by atoms with Crippen molar-refractivity contribution in [2.45, 2.75) is 300 Å². The third-order valence-corrected chi connectivity index (χ3v) is 19.4. The van der Waals surface area contributed by atoms with Crippen LogP contribution in [0.15, 0.2) is 35.2 Å². The van der Waals surface area contributed by atoms with E-state index in [1.54, 1.807) is 30.3 Å². The third kappa shape index (κ3) is 29.9. The standard InChI is InChI=1S/C76H100O46S/c1-30(77)95-23-48(94)55(56(103-37(8)84)49(102-36(7)83)24-96-31(2)78)118-73-68(110-44(15)91)64(106-40(11)87)59(51(114-73)26-98-33(4)80)120-72-66(108-42(13)89)62-57(53(116-72)29-101-62)119-74-69(111-45(16)92)65(107-41(12)88)60(52(115-74)27-99-34(5)81)121-76-70(112-46(17)93)71(123-47-21-19-18-20-22-47)61(54(117-76)28-100-35(6)82)122-75-67(109-43(14)90)63(105-39(10)86)58(104-38(9)85)50(113-75)25-97-32(3)79/h18-22,48-76,94H,23-29H2,1-17H3/t48-,49+,50-,51-,52-,53-,54-,55-,56-,57-,58-,59-,60-,61-,62+,63+,64+,65+,66-,67-,68-,69-,70+,71-,72-,73-,74-,75-,76-/m1/s1. The first-order valence-electron chi connectivity index (χ1n) is 38.1.